The van der Waals surface area contributed by atoms with Crippen molar-refractivity contribution in [2.24, 2.45) is 0 Å². The number of nitrogens with one attached hydrogen (secondary N) is 2. The van der Waals surface area contributed by atoms with Crippen molar-refractivity contribution in [2.75, 3.05) is 0 Å². The summed E-state index contributed by atoms with van der Waals surface area (Å²) in [4.78, 5) is 35.5. The Kier molecular flexibility index (Phi) is 4.71. The number of carbonyl (C=O) groups is 1. The largest absolute Gasteiger partial charge is 0.422 e. The smallest absolute Gasteiger partial charge is 0.349 e. The van der Waals surface area contributed by atoms with Crippen molar-refractivity contribution in [3.63, 3.8) is 0 Å². The summed E-state index contributed by atoms with van der Waals surface area (Å²) >= 11 is 0. The van der Waals surface area contributed by atoms with Crippen LogP contribution in [-0.4, -0.2) is 19.2 Å². The van der Waals surface area contributed by atoms with E-state index in [2.05, 4.69) is 0 Å². The van der Waals surface area contributed by atoms with Crippen LogP contribution in [-0.2, 0) is 10.0 Å². The summed E-state index contributed by atoms with van der Waals surface area (Å²) in [6.45, 7) is 0. The van der Waals surface area contributed by atoms with Crippen molar-refractivity contribution < 1.29 is 22.6 Å². The number of benzene rings is 2. The number of hydrogen-bond donors (Lipinski definition) is 2. The van der Waals surface area contributed by atoms with Crippen molar-refractivity contribution >= 4 is 32.6 Å². The molecule has 0 aliphatic heterocycles. The fourth-order valence-electron chi connectivity index (χ4n) is 2.21. The average molecular weight is 389 g/mol. The number of fused-ring (bicyclic) bond motifs is 1. The third-order valence-electron chi connectivity index (χ3n) is 3.54. The van der Waals surface area contributed by atoms with Crippen LogP contribution in [0.2, 0.25) is 0 Å². The van der Waals surface area contributed by atoms with Gasteiger partial charge in [0.25, 0.3) is 21.6 Å². The Hall–Kier alpha value is -3.57. The van der Waals surface area contributed by atoms with Gasteiger partial charge >= 0.3 is 5.63 Å². The second kappa shape index (κ2) is 6.97. The minimum atomic E-state index is -4.20. The lowest BCUT2D eigenvalue weighted by molar-refractivity contribution is -0.384. The minimum Gasteiger partial charge on any atom is -0.422 e. The number of hydrazine groups is 1. The number of sulfonamides is 1. The zero-order chi connectivity index (χ0) is 19.6. The van der Waals surface area contributed by atoms with Gasteiger partial charge in [-0.3, -0.25) is 20.3 Å². The Balaban J connectivity index is 1.79. The first-order valence-electron chi connectivity index (χ1n) is 7.37. The van der Waals surface area contributed by atoms with Crippen LogP contribution in [0.1, 0.15) is 10.4 Å². The Morgan fingerprint density at radius 2 is 1.74 bits per heavy atom. The molecule has 0 saturated heterocycles. The van der Waals surface area contributed by atoms with Crippen molar-refractivity contribution in [3.8, 4) is 0 Å². The summed E-state index contributed by atoms with van der Waals surface area (Å²) in [6, 6.07) is 11.8. The Morgan fingerprint density at radius 1 is 1.07 bits per heavy atom. The molecule has 1 heterocycles. The molecule has 0 saturated carbocycles. The standard InChI is InChI=1S/C16H11N3O7S/c20-15(13-9-10-3-1-2-4-14(10)26-16(13)21)17-18-27(24,25)12-7-5-11(6-8-12)19(22)23/h1-9,18H,(H,17,20). The monoisotopic (exact) mass is 389 g/mol. The fraction of sp³-hybridized carbons (Fsp3) is 0. The van der Waals surface area contributed by atoms with Gasteiger partial charge in [-0.15, -0.1) is 4.83 Å². The maximum Gasteiger partial charge on any atom is 0.349 e. The van der Waals surface area contributed by atoms with Crippen LogP contribution < -0.4 is 15.9 Å². The molecule has 1 amide bonds. The summed E-state index contributed by atoms with van der Waals surface area (Å²) in [5.41, 5.74) is 0.589. The molecule has 2 aromatic carbocycles. The first-order chi connectivity index (χ1) is 12.8. The zero-order valence-electron chi connectivity index (χ0n) is 13.4. The topological polar surface area (TPSA) is 149 Å². The lowest BCUT2D eigenvalue weighted by Crippen LogP contribution is -2.42. The highest BCUT2D eigenvalue weighted by Crippen LogP contribution is 2.15. The first kappa shape index (κ1) is 18.2. The molecule has 0 spiro atoms. The molecule has 0 aliphatic carbocycles. The Morgan fingerprint density at radius 3 is 2.41 bits per heavy atom. The van der Waals surface area contributed by atoms with Gasteiger partial charge in [0.15, 0.2) is 0 Å². The summed E-state index contributed by atoms with van der Waals surface area (Å²) in [7, 11) is -4.20. The van der Waals surface area contributed by atoms with Gasteiger partial charge in [0.05, 0.1) is 9.82 Å². The fourth-order valence-corrected chi connectivity index (χ4v) is 3.05. The SMILES string of the molecule is O=C(NNS(=O)(=O)c1ccc([N+](=O)[O-])cc1)c1cc2ccccc2oc1=O. The van der Waals surface area contributed by atoms with Crippen LogP contribution in [0.15, 0.2) is 68.7 Å². The van der Waals surface area contributed by atoms with E-state index in [1.807, 2.05) is 10.3 Å². The van der Waals surface area contributed by atoms with Crippen LogP contribution in [0.25, 0.3) is 11.0 Å². The summed E-state index contributed by atoms with van der Waals surface area (Å²) in [5.74, 6) is -1.01. The molecule has 0 bridgehead atoms. The molecule has 0 fully saturated rings. The average Bonchev–Trinajstić information content (AvgIpc) is 2.65. The second-order valence-corrected chi connectivity index (χ2v) is 6.98. The number of amides is 1. The molecule has 2 N–H and O–H groups in total. The third-order valence-corrected chi connectivity index (χ3v) is 4.81. The molecule has 138 valence electrons. The quantitative estimate of drug-likeness (QED) is 0.380. The number of nitro benzene ring substituents is 1. The van der Waals surface area contributed by atoms with Crippen LogP contribution >= 0.6 is 0 Å². The lowest BCUT2D eigenvalue weighted by Gasteiger charge is -2.08. The van der Waals surface area contributed by atoms with E-state index in [4.69, 9.17) is 4.42 Å². The number of nitro groups is 1. The van der Waals surface area contributed by atoms with E-state index in [1.165, 1.54) is 6.07 Å². The molecule has 3 aromatic rings. The van der Waals surface area contributed by atoms with Gasteiger partial charge in [-0.1, -0.05) is 18.2 Å². The molecule has 0 atom stereocenters. The van der Waals surface area contributed by atoms with Gasteiger partial charge in [-0.25, -0.2) is 13.2 Å². The molecular formula is C16H11N3O7S. The predicted molar refractivity (Wildman–Crippen MR) is 93.4 cm³/mol. The minimum absolute atomic E-state index is 0.283. The molecule has 11 heteroatoms. The third kappa shape index (κ3) is 3.83. The number of non-ortho nitro benzene ring substituents is 1. The number of hydrogen-bond acceptors (Lipinski definition) is 7. The summed E-state index contributed by atoms with van der Waals surface area (Å²) < 4.78 is 29.3. The molecule has 0 radical (unpaired) electrons. The van der Waals surface area contributed by atoms with Gasteiger partial charge in [-0.05, 0) is 24.3 Å². The van der Waals surface area contributed by atoms with Crippen molar-refractivity contribution in [1.29, 1.82) is 0 Å². The van der Waals surface area contributed by atoms with Gasteiger partial charge in [-0.2, -0.15) is 0 Å². The summed E-state index contributed by atoms with van der Waals surface area (Å²) in [5, 5.41) is 11.1. The molecule has 0 unspecified atom stereocenters. The predicted octanol–water partition coefficient (Wildman–Crippen LogP) is 1.32. The van der Waals surface area contributed by atoms with E-state index in [0.717, 1.165) is 24.3 Å². The Bertz CT molecular complexity index is 1200. The van der Waals surface area contributed by atoms with Crippen molar-refractivity contribution in [2.45, 2.75) is 4.90 Å². The van der Waals surface area contributed by atoms with E-state index in [9.17, 15) is 28.1 Å². The number of nitrogens with zero attached hydrogens (tertiary/aromatic N) is 1. The van der Waals surface area contributed by atoms with Gasteiger partial charge in [0.1, 0.15) is 11.1 Å². The normalized spacial score (nSPS) is 11.3. The van der Waals surface area contributed by atoms with Crippen LogP contribution in [0, 0.1) is 10.1 Å². The van der Waals surface area contributed by atoms with Gasteiger partial charge in [0.2, 0.25) is 0 Å². The molecular weight excluding hydrogens is 378 g/mol. The molecule has 27 heavy (non-hydrogen) atoms. The highest BCUT2D eigenvalue weighted by atomic mass is 32.2. The molecule has 10 nitrogen and oxygen atoms in total. The van der Waals surface area contributed by atoms with Crippen LogP contribution in [0.5, 0.6) is 0 Å². The van der Waals surface area contributed by atoms with Gasteiger partial charge < -0.3 is 4.42 Å². The maximum atomic E-state index is 12.1. The van der Waals surface area contributed by atoms with E-state index >= 15 is 0 Å². The van der Waals surface area contributed by atoms with Crippen LogP contribution in [0.3, 0.4) is 0 Å². The van der Waals surface area contributed by atoms with Gasteiger partial charge in [0, 0.05) is 17.5 Å². The number of carbonyl (C=O) groups excluding carboxylic acids is 1. The summed E-state index contributed by atoms with van der Waals surface area (Å²) in [6.07, 6.45) is 0. The first-order valence-corrected chi connectivity index (χ1v) is 8.86. The van der Waals surface area contributed by atoms with E-state index in [0.29, 0.717) is 5.39 Å². The van der Waals surface area contributed by atoms with Crippen molar-refractivity contribution in [1.82, 2.24) is 10.3 Å². The number of para-hydroxylation sites is 1. The molecule has 3 rings (SSSR count). The highest BCUT2D eigenvalue weighted by molar-refractivity contribution is 7.89. The van der Waals surface area contributed by atoms with E-state index in [1.54, 1.807) is 24.3 Å². The number of rotatable bonds is 5. The molecule has 1 aromatic heterocycles. The lowest BCUT2D eigenvalue weighted by atomic mass is 10.2. The maximum absolute atomic E-state index is 12.1. The highest BCUT2D eigenvalue weighted by Gasteiger charge is 2.19. The van der Waals surface area contributed by atoms with Crippen LogP contribution in [0.4, 0.5) is 5.69 Å². The van der Waals surface area contributed by atoms with E-state index in [-0.39, 0.29) is 21.7 Å². The molecule has 0 aliphatic rings. The Labute approximate surface area is 151 Å². The zero-order valence-corrected chi connectivity index (χ0v) is 14.2. The second-order valence-electron chi connectivity index (χ2n) is 5.30. The van der Waals surface area contributed by atoms with E-state index < -0.39 is 26.5 Å². The van der Waals surface area contributed by atoms with Crippen molar-refractivity contribution in [3.05, 3.63) is 80.7 Å².